The molecule has 1 N–H and O–H groups in total. The highest BCUT2D eigenvalue weighted by molar-refractivity contribution is 7.92. The number of carboxylic acids is 1. The lowest BCUT2D eigenvalue weighted by Crippen LogP contribution is -2.31. The number of nitrogens with zero attached hydrogens (tertiary/aromatic N) is 3. The summed E-state index contributed by atoms with van der Waals surface area (Å²) >= 11 is 0. The van der Waals surface area contributed by atoms with Crippen LogP contribution in [0.3, 0.4) is 0 Å². The monoisotopic (exact) mass is 351 g/mol. The quantitative estimate of drug-likeness (QED) is 0.621. The van der Waals surface area contributed by atoms with E-state index < -0.39 is 20.9 Å². The summed E-state index contributed by atoms with van der Waals surface area (Å²) in [6.07, 6.45) is 0. The number of carboxylic acid groups (broad SMARTS) is 1. The maximum atomic E-state index is 12.7. The van der Waals surface area contributed by atoms with Crippen molar-refractivity contribution in [2.75, 3.05) is 10.8 Å². The summed E-state index contributed by atoms with van der Waals surface area (Å²) < 4.78 is 26.3. The van der Waals surface area contributed by atoms with Crippen LogP contribution in [-0.2, 0) is 10.0 Å². The molecule has 0 aliphatic heterocycles. The van der Waals surface area contributed by atoms with Gasteiger partial charge in [0, 0.05) is 18.7 Å². The molecule has 1 heterocycles. The number of sulfonamides is 1. The van der Waals surface area contributed by atoms with Crippen molar-refractivity contribution in [1.82, 2.24) is 4.98 Å². The molecule has 0 spiro atoms. The molecule has 10 heteroatoms. The van der Waals surface area contributed by atoms with Gasteiger partial charge in [0.1, 0.15) is 5.82 Å². The zero-order chi connectivity index (χ0) is 17.9. The minimum atomic E-state index is -4.03. The molecular formula is C14H13N3O6S. The van der Waals surface area contributed by atoms with Crippen LogP contribution in [0.15, 0.2) is 47.4 Å². The van der Waals surface area contributed by atoms with Crippen LogP contribution in [0.4, 0.5) is 11.5 Å². The first kappa shape index (κ1) is 17.3. The van der Waals surface area contributed by atoms with Crippen LogP contribution in [0, 0.1) is 10.1 Å². The minimum absolute atomic E-state index is 0.00932. The van der Waals surface area contributed by atoms with Crippen molar-refractivity contribution in [3.63, 3.8) is 0 Å². The van der Waals surface area contributed by atoms with Gasteiger partial charge >= 0.3 is 5.97 Å². The normalized spacial score (nSPS) is 11.0. The van der Waals surface area contributed by atoms with Crippen LogP contribution in [0.2, 0.25) is 0 Å². The molecule has 0 aliphatic rings. The van der Waals surface area contributed by atoms with Gasteiger partial charge in [0.15, 0.2) is 5.69 Å². The van der Waals surface area contributed by atoms with Gasteiger partial charge in [0.25, 0.3) is 15.7 Å². The number of nitro groups is 1. The maximum absolute atomic E-state index is 12.7. The van der Waals surface area contributed by atoms with Crippen LogP contribution < -0.4 is 4.31 Å². The molecule has 0 saturated heterocycles. The Morgan fingerprint density at radius 2 is 1.88 bits per heavy atom. The van der Waals surface area contributed by atoms with Gasteiger partial charge in [-0.1, -0.05) is 6.07 Å². The molecule has 9 nitrogen and oxygen atoms in total. The number of hydrogen-bond donors (Lipinski definition) is 1. The fraction of sp³-hybridized carbons (Fsp3) is 0.143. The van der Waals surface area contributed by atoms with Gasteiger partial charge < -0.3 is 5.11 Å². The average Bonchev–Trinajstić information content (AvgIpc) is 2.55. The fourth-order valence-corrected chi connectivity index (χ4v) is 3.43. The number of hydrogen-bond acceptors (Lipinski definition) is 6. The van der Waals surface area contributed by atoms with Gasteiger partial charge in [0.05, 0.1) is 9.82 Å². The van der Waals surface area contributed by atoms with E-state index in [1.54, 1.807) is 6.92 Å². The standard InChI is InChI=1S/C14H13N3O6S/c1-2-16(13-5-3-4-12(15-13)14(18)19)24(22,23)11-8-6-10(7-9-11)17(20)21/h3-9H,2H2,1H3,(H,18,19). The van der Waals surface area contributed by atoms with E-state index in [0.717, 1.165) is 28.6 Å². The van der Waals surface area contributed by atoms with Crippen LogP contribution in [0.25, 0.3) is 0 Å². The number of aromatic carboxylic acids is 1. The molecule has 24 heavy (non-hydrogen) atoms. The van der Waals surface area contributed by atoms with Crippen molar-refractivity contribution in [2.45, 2.75) is 11.8 Å². The number of carbonyl (C=O) groups is 1. The molecule has 2 aromatic rings. The largest absolute Gasteiger partial charge is 0.477 e. The zero-order valence-corrected chi connectivity index (χ0v) is 13.3. The molecule has 0 unspecified atom stereocenters. The Kier molecular flexibility index (Phi) is 4.79. The van der Waals surface area contributed by atoms with E-state index in [9.17, 15) is 23.3 Å². The smallest absolute Gasteiger partial charge is 0.354 e. The van der Waals surface area contributed by atoms with E-state index in [4.69, 9.17) is 5.11 Å². The van der Waals surface area contributed by atoms with Gasteiger partial charge in [-0.3, -0.25) is 14.4 Å². The molecule has 1 aromatic heterocycles. The Morgan fingerprint density at radius 1 is 1.25 bits per heavy atom. The Balaban J connectivity index is 2.46. The second-order valence-corrected chi connectivity index (χ2v) is 6.47. The van der Waals surface area contributed by atoms with Crippen molar-refractivity contribution in [3.8, 4) is 0 Å². The van der Waals surface area contributed by atoms with Gasteiger partial charge in [0.2, 0.25) is 0 Å². The molecule has 0 fully saturated rings. The topological polar surface area (TPSA) is 131 Å². The van der Waals surface area contributed by atoms with Crippen LogP contribution in [0.5, 0.6) is 0 Å². The van der Waals surface area contributed by atoms with Crippen LogP contribution in [-0.4, -0.2) is 35.9 Å². The number of benzene rings is 1. The lowest BCUT2D eigenvalue weighted by atomic mass is 10.3. The number of anilines is 1. The molecule has 2 rings (SSSR count). The molecule has 0 saturated carbocycles. The first-order chi connectivity index (χ1) is 11.3. The van der Waals surface area contributed by atoms with Crippen molar-refractivity contribution in [2.24, 2.45) is 0 Å². The third-order valence-electron chi connectivity index (χ3n) is 3.13. The van der Waals surface area contributed by atoms with Crippen molar-refractivity contribution in [1.29, 1.82) is 0 Å². The molecule has 0 atom stereocenters. The second-order valence-electron chi connectivity index (χ2n) is 4.61. The van der Waals surface area contributed by atoms with Crippen LogP contribution >= 0.6 is 0 Å². The van der Waals surface area contributed by atoms with Crippen molar-refractivity contribution in [3.05, 3.63) is 58.3 Å². The second kappa shape index (κ2) is 6.62. The molecule has 1 aromatic carbocycles. The maximum Gasteiger partial charge on any atom is 0.354 e. The molecule has 0 amide bonds. The summed E-state index contributed by atoms with van der Waals surface area (Å²) in [5, 5.41) is 19.6. The third-order valence-corrected chi connectivity index (χ3v) is 5.03. The zero-order valence-electron chi connectivity index (χ0n) is 12.5. The van der Waals surface area contributed by atoms with E-state index in [0.29, 0.717) is 0 Å². The Bertz CT molecular complexity index is 880. The molecule has 0 bridgehead atoms. The number of nitro benzene ring substituents is 1. The van der Waals surface area contributed by atoms with Gasteiger partial charge in [-0.25, -0.2) is 18.2 Å². The van der Waals surface area contributed by atoms with E-state index in [-0.39, 0.29) is 28.6 Å². The van der Waals surface area contributed by atoms with E-state index >= 15 is 0 Å². The predicted molar refractivity (Wildman–Crippen MR) is 84.5 cm³/mol. The highest BCUT2D eigenvalue weighted by Crippen LogP contribution is 2.23. The number of pyridine rings is 1. The average molecular weight is 351 g/mol. The van der Waals surface area contributed by atoms with Crippen molar-refractivity contribution < 1.29 is 23.2 Å². The highest BCUT2D eigenvalue weighted by Gasteiger charge is 2.25. The highest BCUT2D eigenvalue weighted by atomic mass is 32.2. The van der Waals surface area contributed by atoms with Gasteiger partial charge in [-0.2, -0.15) is 0 Å². The summed E-state index contributed by atoms with van der Waals surface area (Å²) in [6, 6.07) is 8.43. The number of rotatable bonds is 6. The Labute approximate surface area is 137 Å². The molecule has 0 aliphatic carbocycles. The Hall–Kier alpha value is -3.01. The summed E-state index contributed by atoms with van der Waals surface area (Å²) in [6.45, 7) is 1.58. The SMILES string of the molecule is CCN(c1cccc(C(=O)O)n1)S(=O)(=O)c1ccc([N+](=O)[O-])cc1. The summed E-state index contributed by atoms with van der Waals surface area (Å²) in [5.74, 6) is -1.32. The van der Waals surface area contributed by atoms with Crippen LogP contribution in [0.1, 0.15) is 17.4 Å². The van der Waals surface area contributed by atoms with Gasteiger partial charge in [-0.15, -0.1) is 0 Å². The summed E-state index contributed by atoms with van der Waals surface area (Å²) in [7, 11) is -4.03. The van der Waals surface area contributed by atoms with E-state index in [1.807, 2.05) is 0 Å². The van der Waals surface area contributed by atoms with Gasteiger partial charge in [-0.05, 0) is 31.2 Å². The van der Waals surface area contributed by atoms with Crippen molar-refractivity contribution >= 4 is 27.5 Å². The first-order valence-corrected chi connectivity index (χ1v) is 8.19. The summed E-state index contributed by atoms with van der Waals surface area (Å²) in [4.78, 5) is 24.7. The number of non-ortho nitro benzene ring substituents is 1. The van der Waals surface area contributed by atoms with E-state index in [2.05, 4.69) is 4.98 Å². The van der Waals surface area contributed by atoms with E-state index in [1.165, 1.54) is 18.2 Å². The first-order valence-electron chi connectivity index (χ1n) is 6.75. The summed E-state index contributed by atoms with van der Waals surface area (Å²) in [5.41, 5.74) is -0.521. The minimum Gasteiger partial charge on any atom is -0.477 e. The lowest BCUT2D eigenvalue weighted by Gasteiger charge is -2.21. The number of aromatic nitrogens is 1. The predicted octanol–water partition coefficient (Wildman–Crippen LogP) is 1.90. The fourth-order valence-electron chi connectivity index (χ4n) is 2.00. The molecular weight excluding hydrogens is 338 g/mol. The lowest BCUT2D eigenvalue weighted by molar-refractivity contribution is -0.384. The molecule has 0 radical (unpaired) electrons. The third kappa shape index (κ3) is 3.33. The molecule has 126 valence electrons. The Morgan fingerprint density at radius 3 is 2.38 bits per heavy atom.